The molecule has 0 bridgehead atoms. The number of nitriles is 1. The van der Waals surface area contributed by atoms with Crippen LogP contribution < -0.4 is 10.6 Å². The lowest BCUT2D eigenvalue weighted by Crippen LogP contribution is -2.10. The van der Waals surface area contributed by atoms with E-state index in [1.54, 1.807) is 6.07 Å². The minimum absolute atomic E-state index is 0.251. The van der Waals surface area contributed by atoms with Crippen LogP contribution in [-0.4, -0.2) is 23.1 Å². The summed E-state index contributed by atoms with van der Waals surface area (Å²) < 4.78 is 0. The summed E-state index contributed by atoms with van der Waals surface area (Å²) in [6.45, 7) is 5.38. The monoisotopic (exact) mass is 205 g/mol. The molecule has 0 radical (unpaired) electrons. The summed E-state index contributed by atoms with van der Waals surface area (Å²) in [5.74, 6) is 2.01. The van der Waals surface area contributed by atoms with Gasteiger partial charge in [-0.3, -0.25) is 0 Å². The van der Waals surface area contributed by atoms with Gasteiger partial charge in [-0.15, -0.1) is 0 Å². The second-order valence-corrected chi connectivity index (χ2v) is 3.57. The zero-order valence-electron chi connectivity index (χ0n) is 8.99. The molecule has 1 rings (SSSR count). The molecule has 0 aliphatic rings. The number of hydrogen-bond acceptors (Lipinski definition) is 5. The SMILES string of the molecule is CC(C)CNc1cc(NCC#N)ncn1. The van der Waals surface area contributed by atoms with E-state index in [9.17, 15) is 0 Å². The Balaban J connectivity index is 2.54. The van der Waals surface area contributed by atoms with Gasteiger partial charge in [0.25, 0.3) is 0 Å². The van der Waals surface area contributed by atoms with Crippen LogP contribution in [-0.2, 0) is 0 Å². The molecule has 0 atom stereocenters. The second-order valence-electron chi connectivity index (χ2n) is 3.57. The standard InChI is InChI=1S/C10H15N5/c1-8(2)6-13-10-5-9(12-4-3-11)14-7-15-10/h5,7-8H,4,6H2,1-2H3,(H2,12,13,14,15). The Morgan fingerprint density at radius 2 is 2.00 bits per heavy atom. The summed E-state index contributed by atoms with van der Waals surface area (Å²) in [6.07, 6.45) is 1.47. The van der Waals surface area contributed by atoms with E-state index in [2.05, 4.69) is 34.4 Å². The number of rotatable bonds is 5. The first-order valence-electron chi connectivity index (χ1n) is 4.89. The van der Waals surface area contributed by atoms with E-state index in [0.29, 0.717) is 11.7 Å². The van der Waals surface area contributed by atoms with E-state index in [0.717, 1.165) is 12.4 Å². The molecule has 15 heavy (non-hydrogen) atoms. The van der Waals surface area contributed by atoms with Gasteiger partial charge in [0.2, 0.25) is 0 Å². The van der Waals surface area contributed by atoms with Crippen LogP contribution in [0.5, 0.6) is 0 Å². The first-order valence-corrected chi connectivity index (χ1v) is 4.89. The third kappa shape index (κ3) is 4.27. The van der Waals surface area contributed by atoms with Gasteiger partial charge in [-0.1, -0.05) is 13.8 Å². The molecule has 0 amide bonds. The van der Waals surface area contributed by atoms with Gasteiger partial charge in [0, 0.05) is 12.6 Å². The molecule has 1 aromatic rings. The zero-order chi connectivity index (χ0) is 11.1. The number of hydrogen-bond donors (Lipinski definition) is 2. The number of nitrogens with one attached hydrogen (secondary N) is 2. The summed E-state index contributed by atoms with van der Waals surface area (Å²) in [7, 11) is 0. The smallest absolute Gasteiger partial charge is 0.132 e. The molecule has 0 saturated heterocycles. The van der Waals surface area contributed by atoms with E-state index in [1.807, 2.05) is 6.07 Å². The molecule has 0 spiro atoms. The molecule has 2 N–H and O–H groups in total. The second kappa shape index (κ2) is 5.81. The third-order valence-electron chi connectivity index (χ3n) is 1.71. The van der Waals surface area contributed by atoms with Gasteiger partial charge in [-0.25, -0.2) is 9.97 Å². The predicted molar refractivity (Wildman–Crippen MR) is 59.5 cm³/mol. The summed E-state index contributed by atoms with van der Waals surface area (Å²) in [4.78, 5) is 8.06. The van der Waals surface area contributed by atoms with Crippen LogP contribution in [0.25, 0.3) is 0 Å². The van der Waals surface area contributed by atoms with E-state index in [4.69, 9.17) is 5.26 Å². The van der Waals surface area contributed by atoms with Crippen LogP contribution in [0.1, 0.15) is 13.8 Å². The van der Waals surface area contributed by atoms with Crippen molar-refractivity contribution >= 4 is 11.6 Å². The first kappa shape index (κ1) is 11.2. The quantitative estimate of drug-likeness (QED) is 0.712. The van der Waals surface area contributed by atoms with Crippen molar-refractivity contribution in [3.8, 4) is 6.07 Å². The van der Waals surface area contributed by atoms with Crippen LogP contribution in [0.3, 0.4) is 0 Å². The van der Waals surface area contributed by atoms with Crippen LogP contribution >= 0.6 is 0 Å². The molecule has 1 aromatic heterocycles. The maximum absolute atomic E-state index is 8.40. The van der Waals surface area contributed by atoms with Crippen LogP contribution in [0, 0.1) is 17.2 Å². The maximum Gasteiger partial charge on any atom is 0.132 e. The lowest BCUT2D eigenvalue weighted by molar-refractivity contribution is 0.687. The number of anilines is 2. The lowest BCUT2D eigenvalue weighted by Gasteiger charge is -2.08. The van der Waals surface area contributed by atoms with Gasteiger partial charge in [-0.05, 0) is 5.92 Å². The van der Waals surface area contributed by atoms with E-state index in [1.165, 1.54) is 6.33 Å². The summed E-state index contributed by atoms with van der Waals surface area (Å²) >= 11 is 0. The van der Waals surface area contributed by atoms with Crippen molar-refractivity contribution in [2.24, 2.45) is 5.92 Å². The van der Waals surface area contributed by atoms with Gasteiger partial charge in [0.1, 0.15) is 24.5 Å². The molecular weight excluding hydrogens is 190 g/mol. The molecule has 0 fully saturated rings. The van der Waals surface area contributed by atoms with Gasteiger partial charge in [0.05, 0.1) is 6.07 Å². The van der Waals surface area contributed by atoms with Crippen molar-refractivity contribution in [2.75, 3.05) is 23.7 Å². The van der Waals surface area contributed by atoms with Crippen molar-refractivity contribution in [3.05, 3.63) is 12.4 Å². The summed E-state index contributed by atoms with van der Waals surface area (Å²) in [6, 6.07) is 3.79. The minimum atomic E-state index is 0.251. The molecule has 0 aliphatic carbocycles. The topological polar surface area (TPSA) is 73.6 Å². The van der Waals surface area contributed by atoms with Crippen LogP contribution in [0.15, 0.2) is 12.4 Å². The van der Waals surface area contributed by atoms with Crippen molar-refractivity contribution in [3.63, 3.8) is 0 Å². The maximum atomic E-state index is 8.40. The highest BCUT2D eigenvalue weighted by molar-refractivity contribution is 5.46. The molecule has 80 valence electrons. The zero-order valence-corrected chi connectivity index (χ0v) is 8.99. The van der Waals surface area contributed by atoms with Crippen molar-refractivity contribution in [1.29, 1.82) is 5.26 Å². The van der Waals surface area contributed by atoms with Crippen molar-refractivity contribution in [2.45, 2.75) is 13.8 Å². The Morgan fingerprint density at radius 3 is 2.60 bits per heavy atom. The molecular formula is C10H15N5. The first-order chi connectivity index (χ1) is 7.22. The molecule has 0 aromatic carbocycles. The highest BCUT2D eigenvalue weighted by atomic mass is 15.1. The fourth-order valence-electron chi connectivity index (χ4n) is 0.989. The van der Waals surface area contributed by atoms with Gasteiger partial charge in [0.15, 0.2) is 0 Å². The van der Waals surface area contributed by atoms with Crippen molar-refractivity contribution in [1.82, 2.24) is 9.97 Å². The fraction of sp³-hybridized carbons (Fsp3) is 0.500. The average molecular weight is 205 g/mol. The summed E-state index contributed by atoms with van der Waals surface area (Å²) in [5, 5.41) is 14.5. The van der Waals surface area contributed by atoms with E-state index < -0.39 is 0 Å². The van der Waals surface area contributed by atoms with Gasteiger partial charge in [-0.2, -0.15) is 5.26 Å². The molecule has 0 aliphatic heterocycles. The van der Waals surface area contributed by atoms with E-state index >= 15 is 0 Å². The highest BCUT2D eigenvalue weighted by Crippen LogP contribution is 2.08. The molecule has 5 nitrogen and oxygen atoms in total. The summed E-state index contributed by atoms with van der Waals surface area (Å²) in [5.41, 5.74) is 0. The normalized spacial score (nSPS) is 9.73. The Hall–Kier alpha value is -1.83. The van der Waals surface area contributed by atoms with Gasteiger partial charge < -0.3 is 10.6 Å². The predicted octanol–water partition coefficient (Wildman–Crippen LogP) is 1.48. The molecule has 1 heterocycles. The van der Waals surface area contributed by atoms with E-state index in [-0.39, 0.29) is 6.54 Å². The fourth-order valence-corrected chi connectivity index (χ4v) is 0.989. The Morgan fingerprint density at radius 1 is 1.33 bits per heavy atom. The Kier molecular flexibility index (Phi) is 4.35. The lowest BCUT2D eigenvalue weighted by atomic mass is 10.2. The third-order valence-corrected chi connectivity index (χ3v) is 1.71. The minimum Gasteiger partial charge on any atom is -0.370 e. The highest BCUT2D eigenvalue weighted by Gasteiger charge is 1.98. The van der Waals surface area contributed by atoms with Crippen LogP contribution in [0.4, 0.5) is 11.6 Å². The number of aromatic nitrogens is 2. The van der Waals surface area contributed by atoms with Gasteiger partial charge >= 0.3 is 0 Å². The Labute approximate surface area is 89.6 Å². The Bertz CT molecular complexity index is 342. The molecule has 0 unspecified atom stereocenters. The largest absolute Gasteiger partial charge is 0.370 e. The molecule has 0 saturated carbocycles. The average Bonchev–Trinajstić information content (AvgIpc) is 2.24. The number of nitrogens with zero attached hydrogens (tertiary/aromatic N) is 3. The van der Waals surface area contributed by atoms with Crippen molar-refractivity contribution < 1.29 is 0 Å². The molecule has 5 heteroatoms. The van der Waals surface area contributed by atoms with Crippen LogP contribution in [0.2, 0.25) is 0 Å².